The Balaban J connectivity index is 1.63. The number of hydrogen-bond donors (Lipinski definition) is 1. The van der Waals surface area contributed by atoms with Gasteiger partial charge in [-0.2, -0.15) is 0 Å². The Bertz CT molecular complexity index is 1050. The van der Waals surface area contributed by atoms with Crippen molar-refractivity contribution >= 4 is 33.1 Å². The third-order valence-electron chi connectivity index (χ3n) is 5.05. The minimum atomic E-state index is -0.657. The second kappa shape index (κ2) is 7.15. The number of nitrogens with zero attached hydrogens (tertiary/aromatic N) is 2. The van der Waals surface area contributed by atoms with Crippen molar-refractivity contribution in [3.05, 3.63) is 51.4 Å². The lowest BCUT2D eigenvalue weighted by atomic mass is 9.97. The van der Waals surface area contributed by atoms with E-state index in [0.29, 0.717) is 16.8 Å². The number of hydrogen-bond acceptors (Lipinski definition) is 5. The number of rotatable bonds is 4. The van der Waals surface area contributed by atoms with E-state index in [1.165, 1.54) is 15.8 Å². The smallest absolute Gasteiger partial charge is 0.263 e. The minimum Gasteiger partial charge on any atom is -0.497 e. The predicted octanol–water partition coefficient (Wildman–Crippen LogP) is 3.55. The fourth-order valence-electron chi connectivity index (χ4n) is 3.48. The molecule has 1 aliphatic carbocycles. The lowest BCUT2D eigenvalue weighted by Crippen LogP contribution is -2.32. The van der Waals surface area contributed by atoms with Crippen LogP contribution in [0.15, 0.2) is 35.4 Å². The van der Waals surface area contributed by atoms with Gasteiger partial charge in [-0.25, -0.2) is 4.98 Å². The molecule has 6 nitrogen and oxygen atoms in total. The van der Waals surface area contributed by atoms with Crippen LogP contribution in [0.4, 0.5) is 5.69 Å². The largest absolute Gasteiger partial charge is 0.497 e. The standard InChI is InChI=1S/C20H21N3O3S/c1-12(18(24)22-13-7-9-14(26-2)10-8-13)23-11-21-19-17(20(23)25)15-5-3-4-6-16(15)27-19/h7-12H,3-6H2,1-2H3,(H,22,24)/t12-/m0/s1. The molecule has 0 saturated heterocycles. The minimum absolute atomic E-state index is 0.128. The molecule has 2 aromatic heterocycles. The number of fused-ring (bicyclic) bond motifs is 3. The van der Waals surface area contributed by atoms with Gasteiger partial charge in [-0.15, -0.1) is 11.3 Å². The SMILES string of the molecule is COc1ccc(NC(=O)[C@H](C)n2cnc3sc4c(c3c2=O)CCCC4)cc1. The maximum atomic E-state index is 13.1. The summed E-state index contributed by atoms with van der Waals surface area (Å²) in [5, 5.41) is 3.54. The molecule has 0 spiro atoms. The van der Waals surface area contributed by atoms with Crippen LogP contribution in [-0.2, 0) is 17.6 Å². The summed E-state index contributed by atoms with van der Waals surface area (Å²) in [5.74, 6) is 0.460. The summed E-state index contributed by atoms with van der Waals surface area (Å²) in [6, 6.07) is 6.43. The number of anilines is 1. The van der Waals surface area contributed by atoms with E-state index in [4.69, 9.17) is 4.74 Å². The monoisotopic (exact) mass is 383 g/mol. The lowest BCUT2D eigenvalue weighted by Gasteiger charge is -2.15. The van der Waals surface area contributed by atoms with Crippen LogP contribution in [0.3, 0.4) is 0 Å². The highest BCUT2D eigenvalue weighted by Gasteiger charge is 2.23. The van der Waals surface area contributed by atoms with Crippen LogP contribution < -0.4 is 15.6 Å². The van der Waals surface area contributed by atoms with Crippen molar-refractivity contribution in [2.24, 2.45) is 0 Å². The zero-order valence-electron chi connectivity index (χ0n) is 15.3. The molecule has 0 saturated carbocycles. The summed E-state index contributed by atoms with van der Waals surface area (Å²) < 4.78 is 6.55. The van der Waals surface area contributed by atoms with Gasteiger partial charge in [-0.05, 0) is 62.4 Å². The second-order valence-electron chi connectivity index (χ2n) is 6.74. The molecular formula is C20H21N3O3S. The van der Waals surface area contributed by atoms with E-state index < -0.39 is 6.04 Å². The van der Waals surface area contributed by atoms with Crippen LogP contribution in [0.1, 0.15) is 36.2 Å². The number of carbonyl (C=O) groups excluding carboxylic acids is 1. The zero-order chi connectivity index (χ0) is 19.0. The fraction of sp³-hybridized carbons (Fsp3) is 0.350. The average molecular weight is 383 g/mol. The summed E-state index contributed by atoms with van der Waals surface area (Å²) in [5.41, 5.74) is 1.66. The Hall–Kier alpha value is -2.67. The second-order valence-corrected chi connectivity index (χ2v) is 7.83. The first-order valence-electron chi connectivity index (χ1n) is 9.05. The van der Waals surface area contributed by atoms with Crippen molar-refractivity contribution in [2.45, 2.75) is 38.6 Å². The van der Waals surface area contributed by atoms with Crippen LogP contribution in [0.5, 0.6) is 5.75 Å². The van der Waals surface area contributed by atoms with Crippen LogP contribution in [0, 0.1) is 0 Å². The Labute approximate surface area is 160 Å². The van der Waals surface area contributed by atoms with Crippen molar-refractivity contribution in [3.8, 4) is 5.75 Å². The summed E-state index contributed by atoms with van der Waals surface area (Å²) >= 11 is 1.61. The molecule has 0 fully saturated rings. The number of amides is 1. The number of aromatic nitrogens is 2. The molecule has 1 aliphatic rings. The molecule has 140 valence electrons. The number of aryl methyl sites for hydroxylation is 2. The maximum Gasteiger partial charge on any atom is 0.263 e. The average Bonchev–Trinajstić information content (AvgIpc) is 3.07. The maximum absolute atomic E-state index is 13.1. The van der Waals surface area contributed by atoms with Crippen LogP contribution in [-0.4, -0.2) is 22.6 Å². The first kappa shape index (κ1) is 17.7. The summed E-state index contributed by atoms with van der Waals surface area (Å²) in [6.45, 7) is 1.71. The van der Waals surface area contributed by atoms with E-state index in [0.717, 1.165) is 36.1 Å². The Kier molecular flexibility index (Phi) is 4.70. The molecule has 1 amide bonds. The van der Waals surface area contributed by atoms with Crippen LogP contribution in [0.2, 0.25) is 0 Å². The summed E-state index contributed by atoms with van der Waals surface area (Å²) in [6.07, 6.45) is 5.69. The van der Waals surface area contributed by atoms with E-state index in [-0.39, 0.29) is 11.5 Å². The van der Waals surface area contributed by atoms with Crippen molar-refractivity contribution in [1.29, 1.82) is 0 Å². The van der Waals surface area contributed by atoms with Gasteiger partial charge in [0.05, 0.1) is 18.8 Å². The molecule has 1 N–H and O–H groups in total. The highest BCUT2D eigenvalue weighted by atomic mass is 32.1. The van der Waals surface area contributed by atoms with E-state index in [9.17, 15) is 9.59 Å². The summed E-state index contributed by atoms with van der Waals surface area (Å²) in [7, 11) is 1.59. The fourth-order valence-corrected chi connectivity index (χ4v) is 4.70. The molecule has 27 heavy (non-hydrogen) atoms. The van der Waals surface area contributed by atoms with E-state index in [1.807, 2.05) is 0 Å². The molecule has 0 aliphatic heterocycles. The topological polar surface area (TPSA) is 73.2 Å². The molecule has 2 heterocycles. The first-order chi connectivity index (χ1) is 13.1. The van der Waals surface area contributed by atoms with Crippen LogP contribution >= 0.6 is 11.3 Å². The van der Waals surface area contributed by atoms with E-state index >= 15 is 0 Å². The van der Waals surface area contributed by atoms with Crippen molar-refractivity contribution in [2.75, 3.05) is 12.4 Å². The van der Waals surface area contributed by atoms with Gasteiger partial charge in [0.1, 0.15) is 16.6 Å². The molecule has 0 unspecified atom stereocenters. The Morgan fingerprint density at radius 1 is 1.26 bits per heavy atom. The van der Waals surface area contributed by atoms with Crippen molar-refractivity contribution in [3.63, 3.8) is 0 Å². The molecule has 0 radical (unpaired) electrons. The predicted molar refractivity (Wildman–Crippen MR) is 107 cm³/mol. The number of benzene rings is 1. The zero-order valence-corrected chi connectivity index (χ0v) is 16.1. The van der Waals surface area contributed by atoms with Gasteiger partial charge in [0.25, 0.3) is 5.56 Å². The van der Waals surface area contributed by atoms with Gasteiger partial charge in [0.15, 0.2) is 0 Å². The number of thiophene rings is 1. The van der Waals surface area contributed by atoms with Crippen LogP contribution in [0.25, 0.3) is 10.2 Å². The summed E-state index contributed by atoms with van der Waals surface area (Å²) in [4.78, 5) is 32.3. The van der Waals surface area contributed by atoms with Gasteiger partial charge >= 0.3 is 0 Å². The van der Waals surface area contributed by atoms with Gasteiger partial charge < -0.3 is 10.1 Å². The molecular weight excluding hydrogens is 362 g/mol. The quantitative estimate of drug-likeness (QED) is 0.748. The van der Waals surface area contributed by atoms with Gasteiger partial charge in [0, 0.05) is 10.6 Å². The highest BCUT2D eigenvalue weighted by molar-refractivity contribution is 7.18. The number of methoxy groups -OCH3 is 1. The molecule has 4 rings (SSSR count). The van der Waals surface area contributed by atoms with Gasteiger partial charge in [-0.1, -0.05) is 0 Å². The van der Waals surface area contributed by atoms with E-state index in [2.05, 4.69) is 10.3 Å². The lowest BCUT2D eigenvalue weighted by molar-refractivity contribution is -0.118. The number of carbonyl (C=O) groups is 1. The first-order valence-corrected chi connectivity index (χ1v) is 9.86. The Morgan fingerprint density at radius 3 is 2.74 bits per heavy atom. The molecule has 3 aromatic rings. The highest BCUT2D eigenvalue weighted by Crippen LogP contribution is 2.33. The third kappa shape index (κ3) is 3.23. The van der Waals surface area contributed by atoms with Gasteiger partial charge in [0.2, 0.25) is 5.91 Å². The van der Waals surface area contributed by atoms with E-state index in [1.54, 1.807) is 49.6 Å². The van der Waals surface area contributed by atoms with Crippen molar-refractivity contribution < 1.29 is 9.53 Å². The Morgan fingerprint density at radius 2 is 2.00 bits per heavy atom. The van der Waals surface area contributed by atoms with Crippen molar-refractivity contribution in [1.82, 2.24) is 9.55 Å². The molecule has 1 atom stereocenters. The molecule has 0 bridgehead atoms. The molecule has 7 heteroatoms. The number of nitrogens with one attached hydrogen (secondary N) is 1. The normalized spacial score (nSPS) is 14.6. The number of ether oxygens (including phenoxy) is 1. The van der Waals surface area contributed by atoms with Gasteiger partial charge in [-0.3, -0.25) is 14.2 Å². The third-order valence-corrected chi connectivity index (χ3v) is 6.25. The molecule has 1 aromatic carbocycles.